The second-order valence-electron chi connectivity index (χ2n) is 3.97. The maximum Gasteiger partial charge on any atom is 0.328 e. The Morgan fingerprint density at radius 1 is 1.37 bits per heavy atom. The van der Waals surface area contributed by atoms with E-state index in [1.165, 1.54) is 0 Å². The molecule has 0 radical (unpaired) electrons. The molecule has 19 heavy (non-hydrogen) atoms. The van der Waals surface area contributed by atoms with E-state index in [-0.39, 0.29) is 11.3 Å². The Morgan fingerprint density at radius 3 is 2.74 bits per heavy atom. The summed E-state index contributed by atoms with van der Waals surface area (Å²) >= 11 is 0. The first-order valence-corrected chi connectivity index (χ1v) is 5.52. The number of aryl methyl sites for hydroxylation is 1. The summed E-state index contributed by atoms with van der Waals surface area (Å²) in [6.07, 6.45) is 1.58. The molecule has 0 bridgehead atoms. The van der Waals surface area contributed by atoms with E-state index in [0.29, 0.717) is 5.82 Å². The Labute approximate surface area is 107 Å². The molecule has 0 aromatic carbocycles. The van der Waals surface area contributed by atoms with Crippen LogP contribution in [0.1, 0.15) is 18.1 Å². The zero-order valence-electron chi connectivity index (χ0n) is 10.4. The monoisotopic (exact) mass is 260 g/mol. The molecule has 0 aliphatic carbocycles. The Bertz CT molecular complexity index is 758. The van der Waals surface area contributed by atoms with Crippen molar-refractivity contribution < 1.29 is 5.11 Å². The number of nitrogens with zero attached hydrogens (tertiary/aromatic N) is 2. The van der Waals surface area contributed by atoms with Crippen LogP contribution in [-0.4, -0.2) is 25.8 Å². The van der Waals surface area contributed by atoms with Crippen molar-refractivity contribution in [2.45, 2.75) is 13.8 Å². The largest absolute Gasteiger partial charge is 0.494 e. The highest BCUT2D eigenvalue weighted by molar-refractivity contribution is 6.01. The smallest absolute Gasteiger partial charge is 0.328 e. The summed E-state index contributed by atoms with van der Waals surface area (Å²) in [6, 6.07) is 3.60. The van der Waals surface area contributed by atoms with Gasteiger partial charge in [0.1, 0.15) is 5.56 Å². The molecule has 0 saturated heterocycles. The van der Waals surface area contributed by atoms with E-state index >= 15 is 0 Å². The first-order chi connectivity index (χ1) is 8.99. The number of pyridine rings is 1. The number of aromatic nitrogens is 3. The summed E-state index contributed by atoms with van der Waals surface area (Å²) in [6.45, 7) is 3.38. The van der Waals surface area contributed by atoms with Crippen LogP contribution in [0, 0.1) is 6.92 Å². The maximum atomic E-state index is 11.6. The second kappa shape index (κ2) is 4.89. The first kappa shape index (κ1) is 12.7. The molecule has 0 spiro atoms. The van der Waals surface area contributed by atoms with Crippen molar-refractivity contribution in [2.75, 3.05) is 0 Å². The van der Waals surface area contributed by atoms with Crippen LogP contribution in [0.15, 0.2) is 32.9 Å². The molecule has 2 heterocycles. The Morgan fingerprint density at radius 2 is 2.11 bits per heavy atom. The van der Waals surface area contributed by atoms with Gasteiger partial charge >= 0.3 is 5.69 Å². The summed E-state index contributed by atoms with van der Waals surface area (Å²) < 4.78 is 0. The molecule has 3 N–H and O–H groups in total. The fraction of sp³-hybridized carbons (Fsp3) is 0.167. The molecule has 7 heteroatoms. The average Bonchev–Trinajstić information content (AvgIpc) is 2.30. The Balaban J connectivity index is 2.57. The van der Waals surface area contributed by atoms with Gasteiger partial charge in [-0.3, -0.25) is 14.8 Å². The molecule has 2 aromatic rings. The predicted octanol–water partition coefficient (Wildman–Crippen LogP) is 0.613. The van der Waals surface area contributed by atoms with Gasteiger partial charge in [0.05, 0.1) is 5.71 Å². The number of hydrogen-bond donors (Lipinski definition) is 3. The minimum atomic E-state index is -0.770. The van der Waals surface area contributed by atoms with Crippen LogP contribution in [0.4, 0.5) is 5.82 Å². The molecule has 98 valence electrons. The molecule has 2 rings (SSSR count). The summed E-state index contributed by atoms with van der Waals surface area (Å²) in [5.74, 6) is -0.0615. The zero-order valence-corrected chi connectivity index (χ0v) is 10.4. The normalized spacial score (nSPS) is 11.6. The SMILES string of the molecule is C/C(=N\c1ncccc1C)c1c(O)[nH]c(=O)[nH]c1=O. The predicted molar refractivity (Wildman–Crippen MR) is 70.2 cm³/mol. The van der Waals surface area contributed by atoms with Gasteiger partial charge in [-0.2, -0.15) is 0 Å². The van der Waals surface area contributed by atoms with Crippen LogP contribution >= 0.6 is 0 Å². The second-order valence-corrected chi connectivity index (χ2v) is 3.97. The molecule has 7 nitrogen and oxygen atoms in total. The third-order valence-electron chi connectivity index (χ3n) is 2.54. The van der Waals surface area contributed by atoms with Crippen molar-refractivity contribution in [1.29, 1.82) is 0 Å². The summed E-state index contributed by atoms with van der Waals surface area (Å²) in [5, 5.41) is 9.61. The highest BCUT2D eigenvalue weighted by Gasteiger charge is 2.12. The van der Waals surface area contributed by atoms with Gasteiger partial charge < -0.3 is 5.11 Å². The molecule has 0 unspecified atom stereocenters. The first-order valence-electron chi connectivity index (χ1n) is 5.52. The number of aliphatic imine (C=N–C) groups is 1. The van der Waals surface area contributed by atoms with E-state index in [1.54, 1.807) is 19.2 Å². The molecule has 0 atom stereocenters. The van der Waals surface area contributed by atoms with Gasteiger partial charge in [0.15, 0.2) is 5.82 Å². The lowest BCUT2D eigenvalue weighted by atomic mass is 10.2. The molecule has 0 aliphatic heterocycles. The van der Waals surface area contributed by atoms with Crippen LogP contribution in [0.3, 0.4) is 0 Å². The van der Waals surface area contributed by atoms with Gasteiger partial charge in [0.25, 0.3) is 5.56 Å². The van der Waals surface area contributed by atoms with Crippen molar-refractivity contribution in [2.24, 2.45) is 4.99 Å². The van der Waals surface area contributed by atoms with Crippen molar-refractivity contribution in [3.05, 3.63) is 50.3 Å². The van der Waals surface area contributed by atoms with Gasteiger partial charge in [-0.05, 0) is 25.5 Å². The maximum absolute atomic E-state index is 11.6. The molecule has 0 aliphatic rings. The summed E-state index contributed by atoms with van der Waals surface area (Å²) in [7, 11) is 0. The summed E-state index contributed by atoms with van der Waals surface area (Å²) in [5.41, 5.74) is -0.451. The van der Waals surface area contributed by atoms with Gasteiger partial charge in [-0.25, -0.2) is 14.8 Å². The fourth-order valence-corrected chi connectivity index (χ4v) is 1.62. The lowest BCUT2D eigenvalue weighted by Gasteiger charge is -2.03. The number of aromatic hydroxyl groups is 1. The van der Waals surface area contributed by atoms with E-state index in [0.717, 1.165) is 5.56 Å². The van der Waals surface area contributed by atoms with E-state index in [9.17, 15) is 14.7 Å². The number of nitrogens with one attached hydrogen (secondary N) is 2. The lowest BCUT2D eigenvalue weighted by Crippen LogP contribution is -2.27. The lowest BCUT2D eigenvalue weighted by molar-refractivity contribution is 0.447. The minimum Gasteiger partial charge on any atom is -0.494 e. The van der Waals surface area contributed by atoms with Crippen LogP contribution in [0.5, 0.6) is 5.88 Å². The van der Waals surface area contributed by atoms with Crippen molar-refractivity contribution in [3.8, 4) is 5.88 Å². The third kappa shape index (κ3) is 2.59. The standard InChI is InChI=1S/C12H12N4O3/c1-6-4-3-5-13-9(6)14-7(2)8-10(17)15-12(19)16-11(8)18/h3-5H,1-2H3,(H3,15,16,17,18,19)/b14-7+. The van der Waals surface area contributed by atoms with Gasteiger partial charge in [0, 0.05) is 6.20 Å². The van der Waals surface area contributed by atoms with E-state index < -0.39 is 17.1 Å². The van der Waals surface area contributed by atoms with E-state index in [1.807, 2.05) is 18.0 Å². The van der Waals surface area contributed by atoms with Crippen molar-refractivity contribution in [1.82, 2.24) is 15.0 Å². The minimum absolute atomic E-state index is 0.0790. The van der Waals surface area contributed by atoms with Gasteiger partial charge in [-0.15, -0.1) is 0 Å². The number of hydrogen-bond acceptors (Lipinski definition) is 5. The quantitative estimate of drug-likeness (QED) is 0.687. The highest BCUT2D eigenvalue weighted by Crippen LogP contribution is 2.16. The molecular formula is C12H12N4O3. The number of rotatable bonds is 2. The molecule has 0 fully saturated rings. The summed E-state index contributed by atoms with van der Waals surface area (Å²) in [4.78, 5) is 35.0. The van der Waals surface area contributed by atoms with Gasteiger partial charge in [-0.1, -0.05) is 6.07 Å². The fourth-order valence-electron chi connectivity index (χ4n) is 1.62. The van der Waals surface area contributed by atoms with Crippen molar-refractivity contribution >= 4 is 11.5 Å². The van der Waals surface area contributed by atoms with Gasteiger partial charge in [0.2, 0.25) is 5.88 Å². The molecule has 2 aromatic heterocycles. The van der Waals surface area contributed by atoms with Crippen molar-refractivity contribution in [3.63, 3.8) is 0 Å². The van der Waals surface area contributed by atoms with Crippen LogP contribution in [-0.2, 0) is 0 Å². The van der Waals surface area contributed by atoms with Crippen LogP contribution < -0.4 is 11.2 Å². The van der Waals surface area contributed by atoms with E-state index in [4.69, 9.17) is 0 Å². The average molecular weight is 260 g/mol. The molecular weight excluding hydrogens is 248 g/mol. The van der Waals surface area contributed by atoms with Crippen LogP contribution in [0.2, 0.25) is 0 Å². The van der Waals surface area contributed by atoms with E-state index in [2.05, 4.69) is 15.0 Å². The topological polar surface area (TPSA) is 111 Å². The Hall–Kier alpha value is -2.70. The zero-order chi connectivity index (χ0) is 14.0. The molecule has 0 saturated carbocycles. The van der Waals surface area contributed by atoms with Crippen LogP contribution in [0.25, 0.3) is 0 Å². The Kier molecular flexibility index (Phi) is 3.28. The highest BCUT2D eigenvalue weighted by atomic mass is 16.3. The number of aromatic amines is 2. The third-order valence-corrected chi connectivity index (χ3v) is 2.54. The molecule has 0 amide bonds. The number of H-pyrrole nitrogens is 2.